The SMILES string of the molecule is C=C(N[C@@H](C)c1cccc(C)c1)C(O)C(O)C(=O)N1CCc2ccccc2C1. The Morgan fingerprint density at radius 3 is 2.54 bits per heavy atom. The summed E-state index contributed by atoms with van der Waals surface area (Å²) >= 11 is 0. The molecule has 28 heavy (non-hydrogen) atoms. The third-order valence-electron chi connectivity index (χ3n) is 5.30. The Labute approximate surface area is 166 Å². The van der Waals surface area contributed by atoms with Crippen LogP contribution in [-0.4, -0.2) is 39.8 Å². The summed E-state index contributed by atoms with van der Waals surface area (Å²) in [5, 5.41) is 24.0. The number of hydrogen-bond donors (Lipinski definition) is 3. The molecule has 5 nitrogen and oxygen atoms in total. The first-order chi connectivity index (χ1) is 13.4. The van der Waals surface area contributed by atoms with Crippen LogP contribution < -0.4 is 5.32 Å². The first-order valence-corrected chi connectivity index (χ1v) is 9.60. The van der Waals surface area contributed by atoms with Crippen LogP contribution in [0.25, 0.3) is 0 Å². The van der Waals surface area contributed by atoms with Crippen molar-refractivity contribution in [1.82, 2.24) is 10.2 Å². The van der Waals surface area contributed by atoms with Gasteiger partial charge in [0.1, 0.15) is 6.10 Å². The average Bonchev–Trinajstić information content (AvgIpc) is 2.71. The lowest BCUT2D eigenvalue weighted by Gasteiger charge is -2.32. The highest BCUT2D eigenvalue weighted by Crippen LogP contribution is 2.21. The molecule has 0 radical (unpaired) electrons. The molecule has 1 heterocycles. The molecular formula is C23H28N2O3. The van der Waals surface area contributed by atoms with Crippen LogP contribution in [0.3, 0.4) is 0 Å². The first-order valence-electron chi connectivity index (χ1n) is 9.60. The molecule has 0 aromatic heterocycles. The molecule has 3 atom stereocenters. The molecule has 0 fully saturated rings. The van der Waals surface area contributed by atoms with E-state index in [1.165, 1.54) is 5.56 Å². The highest BCUT2D eigenvalue weighted by atomic mass is 16.3. The summed E-state index contributed by atoms with van der Waals surface area (Å²) < 4.78 is 0. The lowest BCUT2D eigenvalue weighted by molar-refractivity contribution is -0.146. The van der Waals surface area contributed by atoms with Gasteiger partial charge in [-0.15, -0.1) is 0 Å². The van der Waals surface area contributed by atoms with Gasteiger partial charge in [0, 0.05) is 24.8 Å². The van der Waals surface area contributed by atoms with Crippen LogP contribution in [0.2, 0.25) is 0 Å². The largest absolute Gasteiger partial charge is 0.384 e. The smallest absolute Gasteiger partial charge is 0.254 e. The molecule has 1 amide bonds. The summed E-state index contributed by atoms with van der Waals surface area (Å²) in [7, 11) is 0. The normalized spacial score (nSPS) is 16.6. The molecule has 0 saturated heterocycles. The van der Waals surface area contributed by atoms with Gasteiger partial charge in [-0.05, 0) is 37.0 Å². The number of hydrogen-bond acceptors (Lipinski definition) is 4. The fourth-order valence-corrected chi connectivity index (χ4v) is 3.58. The van der Waals surface area contributed by atoms with E-state index in [9.17, 15) is 15.0 Å². The third-order valence-corrected chi connectivity index (χ3v) is 5.30. The molecule has 1 aliphatic rings. The minimum atomic E-state index is -1.55. The lowest BCUT2D eigenvalue weighted by Crippen LogP contribution is -2.48. The summed E-state index contributed by atoms with van der Waals surface area (Å²) in [6.07, 6.45) is -2.18. The van der Waals surface area contributed by atoms with Gasteiger partial charge in [0.15, 0.2) is 6.10 Å². The minimum absolute atomic E-state index is 0.105. The number of rotatable bonds is 6. The van der Waals surface area contributed by atoms with Crippen molar-refractivity contribution < 1.29 is 15.0 Å². The molecular weight excluding hydrogens is 352 g/mol. The Morgan fingerprint density at radius 1 is 1.11 bits per heavy atom. The van der Waals surface area contributed by atoms with Gasteiger partial charge in [0.25, 0.3) is 5.91 Å². The van der Waals surface area contributed by atoms with Gasteiger partial charge < -0.3 is 20.4 Å². The molecule has 2 aromatic rings. The van der Waals surface area contributed by atoms with Gasteiger partial charge in [-0.3, -0.25) is 4.79 Å². The van der Waals surface area contributed by atoms with E-state index in [1.54, 1.807) is 4.90 Å². The summed E-state index contributed by atoms with van der Waals surface area (Å²) in [4.78, 5) is 14.3. The molecule has 2 aromatic carbocycles. The van der Waals surface area contributed by atoms with E-state index in [1.807, 2.05) is 56.3 Å². The van der Waals surface area contributed by atoms with Crippen molar-refractivity contribution in [3.63, 3.8) is 0 Å². The topological polar surface area (TPSA) is 72.8 Å². The van der Waals surface area contributed by atoms with E-state index < -0.39 is 18.1 Å². The summed E-state index contributed by atoms with van der Waals surface area (Å²) in [6.45, 7) is 8.76. The van der Waals surface area contributed by atoms with E-state index in [0.29, 0.717) is 13.1 Å². The maximum atomic E-state index is 12.7. The number of amides is 1. The summed E-state index contributed by atoms with van der Waals surface area (Å²) in [5.41, 5.74) is 4.71. The molecule has 1 aliphatic heterocycles. The van der Waals surface area contributed by atoms with E-state index in [4.69, 9.17) is 0 Å². The highest BCUT2D eigenvalue weighted by Gasteiger charge is 2.32. The average molecular weight is 380 g/mol. The molecule has 0 saturated carbocycles. The lowest BCUT2D eigenvalue weighted by atomic mass is 9.99. The molecule has 2 unspecified atom stereocenters. The van der Waals surface area contributed by atoms with Gasteiger partial charge >= 0.3 is 0 Å². The number of nitrogens with one attached hydrogen (secondary N) is 1. The van der Waals surface area contributed by atoms with Gasteiger partial charge in [-0.2, -0.15) is 0 Å². The van der Waals surface area contributed by atoms with Crippen molar-refractivity contribution in [2.45, 2.75) is 45.1 Å². The second-order valence-electron chi connectivity index (χ2n) is 7.47. The van der Waals surface area contributed by atoms with Crippen LogP contribution >= 0.6 is 0 Å². The van der Waals surface area contributed by atoms with Crippen molar-refractivity contribution in [1.29, 1.82) is 0 Å². The monoisotopic (exact) mass is 380 g/mol. The van der Waals surface area contributed by atoms with E-state index in [2.05, 4.69) is 18.0 Å². The maximum absolute atomic E-state index is 12.7. The second kappa shape index (κ2) is 8.59. The zero-order valence-corrected chi connectivity index (χ0v) is 16.4. The van der Waals surface area contributed by atoms with Crippen LogP contribution in [-0.2, 0) is 17.8 Å². The van der Waals surface area contributed by atoms with Gasteiger partial charge in [0.2, 0.25) is 0 Å². The number of carbonyl (C=O) groups excluding carboxylic acids is 1. The Bertz CT molecular complexity index is 864. The molecule has 0 aliphatic carbocycles. The van der Waals surface area contributed by atoms with Crippen LogP contribution in [0.1, 0.15) is 35.2 Å². The van der Waals surface area contributed by atoms with E-state index in [-0.39, 0.29) is 11.7 Å². The fourth-order valence-electron chi connectivity index (χ4n) is 3.58. The highest BCUT2D eigenvalue weighted by molar-refractivity contribution is 5.82. The predicted octanol–water partition coefficient (Wildman–Crippen LogP) is 2.47. The van der Waals surface area contributed by atoms with E-state index >= 15 is 0 Å². The van der Waals surface area contributed by atoms with Gasteiger partial charge in [0.05, 0.1) is 0 Å². The Balaban J connectivity index is 1.61. The fraction of sp³-hybridized carbons (Fsp3) is 0.348. The van der Waals surface area contributed by atoms with Crippen molar-refractivity contribution in [2.75, 3.05) is 6.54 Å². The van der Waals surface area contributed by atoms with Crippen LogP contribution in [0.15, 0.2) is 60.8 Å². The van der Waals surface area contributed by atoms with Crippen molar-refractivity contribution in [3.05, 3.63) is 83.1 Å². The van der Waals surface area contributed by atoms with Crippen LogP contribution in [0.4, 0.5) is 0 Å². The zero-order chi connectivity index (χ0) is 20.3. The number of benzene rings is 2. The van der Waals surface area contributed by atoms with Crippen molar-refractivity contribution in [3.8, 4) is 0 Å². The van der Waals surface area contributed by atoms with Crippen LogP contribution in [0, 0.1) is 6.92 Å². The number of aryl methyl sites for hydroxylation is 1. The number of aliphatic hydroxyl groups is 2. The Hall–Kier alpha value is -2.63. The van der Waals surface area contributed by atoms with Gasteiger partial charge in [-0.1, -0.05) is 60.7 Å². The van der Waals surface area contributed by atoms with Crippen LogP contribution in [0.5, 0.6) is 0 Å². The summed E-state index contributed by atoms with van der Waals surface area (Å²) in [6, 6.07) is 15.9. The zero-order valence-electron chi connectivity index (χ0n) is 16.4. The third kappa shape index (κ3) is 4.43. The standard InChI is InChI=1S/C23H28N2O3/c1-15-7-6-10-19(13-15)16(2)24-17(3)21(26)22(27)23(28)25-12-11-18-8-4-5-9-20(18)14-25/h4-10,13,16,21-22,24,26-27H,3,11-12,14H2,1-2H3/t16-,21?,22?/m0/s1. The molecule has 5 heteroatoms. The second-order valence-corrected chi connectivity index (χ2v) is 7.47. The van der Waals surface area contributed by atoms with Crippen molar-refractivity contribution >= 4 is 5.91 Å². The van der Waals surface area contributed by atoms with Crippen molar-refractivity contribution in [2.24, 2.45) is 0 Å². The number of carbonyl (C=O) groups is 1. The van der Waals surface area contributed by atoms with Gasteiger partial charge in [-0.25, -0.2) is 0 Å². The number of fused-ring (bicyclic) bond motifs is 1. The molecule has 0 spiro atoms. The Kier molecular flexibility index (Phi) is 6.17. The Morgan fingerprint density at radius 2 is 1.82 bits per heavy atom. The van der Waals surface area contributed by atoms with E-state index in [0.717, 1.165) is 23.1 Å². The predicted molar refractivity (Wildman–Crippen MR) is 109 cm³/mol. The minimum Gasteiger partial charge on any atom is -0.384 e. The quantitative estimate of drug-likeness (QED) is 0.720. The molecule has 3 N–H and O–H groups in total. The maximum Gasteiger partial charge on any atom is 0.254 e. The molecule has 3 rings (SSSR count). The first kappa shape index (κ1) is 20.1. The molecule has 0 bridgehead atoms. The number of nitrogens with zero attached hydrogens (tertiary/aromatic N) is 1. The molecule has 148 valence electrons. The summed E-state index contributed by atoms with van der Waals surface area (Å²) in [5.74, 6) is -0.479. The number of aliphatic hydroxyl groups excluding tert-OH is 2.